The van der Waals surface area contributed by atoms with Gasteiger partial charge in [0.05, 0.1) is 11.4 Å². The van der Waals surface area contributed by atoms with Crippen LogP contribution in [0, 0.1) is 0 Å². The number of pyridine rings is 3. The van der Waals surface area contributed by atoms with Crippen LogP contribution in [0.5, 0.6) is 0 Å². The molecule has 5 N–H and O–H groups in total. The van der Waals surface area contributed by atoms with Gasteiger partial charge in [-0.05, 0) is 63.2 Å². The highest BCUT2D eigenvalue weighted by Crippen LogP contribution is 2.29. The number of fused-ring (bicyclic) bond motifs is 1. The average molecular weight is 406 g/mol. The van der Waals surface area contributed by atoms with Gasteiger partial charge in [-0.2, -0.15) is 0 Å². The second-order valence-electron chi connectivity index (χ2n) is 8.04. The van der Waals surface area contributed by atoms with Crippen LogP contribution >= 0.6 is 0 Å². The molecular formula is C21H27N9. The van der Waals surface area contributed by atoms with Gasteiger partial charge in [-0.1, -0.05) is 0 Å². The van der Waals surface area contributed by atoms with Gasteiger partial charge in [0.2, 0.25) is 0 Å². The van der Waals surface area contributed by atoms with Crippen molar-refractivity contribution in [2.75, 3.05) is 32.2 Å². The summed E-state index contributed by atoms with van der Waals surface area (Å²) in [6, 6.07) is 8.03. The molecule has 0 fully saturated rings. The summed E-state index contributed by atoms with van der Waals surface area (Å²) in [6.45, 7) is 4.35. The zero-order valence-electron chi connectivity index (χ0n) is 17.9. The predicted molar refractivity (Wildman–Crippen MR) is 120 cm³/mol. The molecule has 4 rings (SSSR count). The summed E-state index contributed by atoms with van der Waals surface area (Å²) < 4.78 is 0. The van der Waals surface area contributed by atoms with Gasteiger partial charge in [-0.25, -0.2) is 15.0 Å². The smallest absolute Gasteiger partial charge is 0.133 e. The van der Waals surface area contributed by atoms with E-state index in [0.29, 0.717) is 11.6 Å². The van der Waals surface area contributed by atoms with Gasteiger partial charge in [0, 0.05) is 36.6 Å². The molecular weight excluding hydrogens is 378 g/mol. The standard InChI is InChI=1S/C21H27N9/c1-21(2,29(3)4)14-6-7-23-19(10-14)27-18-9-13-8-16(17-12-25-28-30(17)5)26-20(22)15(13)11-24-18/h6-12,25,28H,1-5H3,(H2,22,26)(H,23,24,27). The van der Waals surface area contributed by atoms with Crippen LogP contribution in [-0.2, 0) is 5.54 Å². The first kappa shape index (κ1) is 19.9. The minimum absolute atomic E-state index is 0.117. The van der Waals surface area contributed by atoms with Crippen molar-refractivity contribution in [2.45, 2.75) is 19.4 Å². The first-order valence-corrected chi connectivity index (χ1v) is 9.68. The van der Waals surface area contributed by atoms with Crippen molar-refractivity contribution in [1.29, 1.82) is 0 Å². The Kier molecular flexibility index (Phi) is 4.92. The summed E-state index contributed by atoms with van der Waals surface area (Å²) in [5, 5.41) is 6.91. The molecule has 9 nitrogen and oxygen atoms in total. The van der Waals surface area contributed by atoms with Crippen molar-refractivity contribution in [3.8, 4) is 0 Å². The van der Waals surface area contributed by atoms with Crippen molar-refractivity contribution in [3.63, 3.8) is 0 Å². The molecule has 0 aromatic carbocycles. The second-order valence-corrected chi connectivity index (χ2v) is 8.04. The van der Waals surface area contributed by atoms with Crippen LogP contribution in [0.2, 0.25) is 0 Å². The van der Waals surface area contributed by atoms with Gasteiger partial charge in [-0.15, -0.1) is 5.53 Å². The van der Waals surface area contributed by atoms with Crippen LogP contribution in [0.3, 0.4) is 0 Å². The van der Waals surface area contributed by atoms with Crippen LogP contribution in [0.25, 0.3) is 16.5 Å². The molecule has 0 radical (unpaired) electrons. The van der Waals surface area contributed by atoms with Gasteiger partial charge in [0.25, 0.3) is 0 Å². The van der Waals surface area contributed by atoms with Gasteiger partial charge < -0.3 is 21.4 Å². The topological polar surface area (TPSA) is 107 Å². The minimum Gasteiger partial charge on any atom is -0.383 e. The lowest BCUT2D eigenvalue weighted by molar-refractivity contribution is 0.197. The molecule has 0 unspecified atom stereocenters. The third-order valence-corrected chi connectivity index (χ3v) is 5.65. The number of nitrogens with zero attached hydrogens (tertiary/aromatic N) is 5. The van der Waals surface area contributed by atoms with Crippen LogP contribution in [0.15, 0.2) is 42.9 Å². The Balaban J connectivity index is 1.67. The maximum Gasteiger partial charge on any atom is 0.133 e. The number of hydrogen-bond acceptors (Lipinski definition) is 9. The number of nitrogens with two attached hydrogens (primary N) is 1. The molecule has 9 heteroatoms. The molecule has 156 valence electrons. The fourth-order valence-corrected chi connectivity index (χ4v) is 3.24. The Hall–Kier alpha value is -3.43. The van der Waals surface area contributed by atoms with Crippen LogP contribution in [0.4, 0.5) is 17.5 Å². The molecule has 3 aromatic rings. The molecule has 30 heavy (non-hydrogen) atoms. The summed E-state index contributed by atoms with van der Waals surface area (Å²) in [5.74, 6) is 1.87. The zero-order valence-corrected chi connectivity index (χ0v) is 17.9. The summed E-state index contributed by atoms with van der Waals surface area (Å²) in [4.78, 5) is 15.6. The highest BCUT2D eigenvalue weighted by molar-refractivity contribution is 5.93. The van der Waals surface area contributed by atoms with Crippen molar-refractivity contribution < 1.29 is 0 Å². The van der Waals surface area contributed by atoms with E-state index < -0.39 is 0 Å². The van der Waals surface area contributed by atoms with Gasteiger partial charge in [0.15, 0.2) is 0 Å². The third-order valence-electron chi connectivity index (χ3n) is 5.65. The number of nitrogens with one attached hydrogen (secondary N) is 3. The molecule has 0 saturated carbocycles. The molecule has 1 aliphatic heterocycles. The third kappa shape index (κ3) is 3.60. The van der Waals surface area contributed by atoms with E-state index in [1.807, 2.05) is 48.7 Å². The Morgan fingerprint density at radius 3 is 2.60 bits per heavy atom. The molecule has 0 aliphatic carbocycles. The largest absolute Gasteiger partial charge is 0.383 e. The lowest BCUT2D eigenvalue weighted by Gasteiger charge is -2.33. The highest BCUT2D eigenvalue weighted by atomic mass is 15.7. The molecule has 0 saturated heterocycles. The number of nitrogen functional groups attached to an aromatic ring is 1. The number of rotatable bonds is 5. The lowest BCUT2D eigenvalue weighted by atomic mass is 9.94. The van der Waals surface area contributed by atoms with E-state index in [9.17, 15) is 0 Å². The normalized spacial score (nSPS) is 14.2. The SMILES string of the molecule is CN1NNC=C1c1cc2cc(Nc3cc(C(C)(C)N(C)C)ccn3)ncc2c(N)n1. The number of hydrazine groups is 2. The number of anilines is 3. The van der Waals surface area contributed by atoms with E-state index >= 15 is 0 Å². The van der Waals surface area contributed by atoms with Crippen LogP contribution < -0.4 is 22.0 Å². The van der Waals surface area contributed by atoms with Crippen molar-refractivity contribution >= 4 is 33.9 Å². The van der Waals surface area contributed by atoms with Crippen molar-refractivity contribution in [1.82, 2.24) is 35.8 Å². The van der Waals surface area contributed by atoms with E-state index in [-0.39, 0.29) is 5.54 Å². The second kappa shape index (κ2) is 7.43. The van der Waals surface area contributed by atoms with Crippen LogP contribution in [-0.4, -0.2) is 46.0 Å². The molecule has 0 amide bonds. The maximum atomic E-state index is 6.19. The monoisotopic (exact) mass is 405 g/mol. The first-order chi connectivity index (χ1) is 14.3. The minimum atomic E-state index is -0.117. The molecule has 1 aliphatic rings. The van der Waals surface area contributed by atoms with Crippen LogP contribution in [0.1, 0.15) is 25.1 Å². The molecule has 4 heterocycles. The Morgan fingerprint density at radius 1 is 1.13 bits per heavy atom. The van der Waals surface area contributed by atoms with E-state index in [0.717, 1.165) is 33.5 Å². The van der Waals surface area contributed by atoms with Crippen molar-refractivity contribution in [3.05, 3.63) is 54.1 Å². The van der Waals surface area contributed by atoms with Crippen molar-refractivity contribution in [2.24, 2.45) is 0 Å². The van der Waals surface area contributed by atoms with Gasteiger partial charge in [-0.3, -0.25) is 5.01 Å². The van der Waals surface area contributed by atoms with Gasteiger partial charge in [0.1, 0.15) is 17.5 Å². The molecule has 0 atom stereocenters. The fraction of sp³-hybridized carbons (Fsp3) is 0.286. The average Bonchev–Trinajstić information content (AvgIpc) is 3.13. The zero-order chi connectivity index (χ0) is 21.5. The molecule has 0 bridgehead atoms. The fourth-order valence-electron chi connectivity index (χ4n) is 3.24. The Morgan fingerprint density at radius 2 is 1.90 bits per heavy atom. The summed E-state index contributed by atoms with van der Waals surface area (Å²) in [7, 11) is 6.04. The number of hydrogen-bond donors (Lipinski definition) is 4. The quantitative estimate of drug-likeness (QED) is 0.509. The Bertz CT molecular complexity index is 1120. The lowest BCUT2D eigenvalue weighted by Crippen LogP contribution is -2.35. The Labute approximate surface area is 176 Å². The van der Waals surface area contributed by atoms with E-state index in [2.05, 4.69) is 64.1 Å². The van der Waals surface area contributed by atoms with E-state index in [1.165, 1.54) is 0 Å². The highest BCUT2D eigenvalue weighted by Gasteiger charge is 2.23. The summed E-state index contributed by atoms with van der Waals surface area (Å²) in [5.41, 5.74) is 14.8. The summed E-state index contributed by atoms with van der Waals surface area (Å²) >= 11 is 0. The molecule has 3 aromatic heterocycles. The first-order valence-electron chi connectivity index (χ1n) is 9.68. The molecule has 0 spiro atoms. The van der Waals surface area contributed by atoms with Gasteiger partial charge >= 0.3 is 0 Å². The van der Waals surface area contributed by atoms with E-state index in [4.69, 9.17) is 5.73 Å². The predicted octanol–water partition coefficient (Wildman–Crippen LogP) is 2.40. The maximum absolute atomic E-state index is 6.19. The number of aromatic nitrogens is 3. The van der Waals surface area contributed by atoms with E-state index in [1.54, 1.807) is 6.20 Å². The summed E-state index contributed by atoms with van der Waals surface area (Å²) in [6.07, 6.45) is 5.39.